The molecule has 0 saturated carbocycles. The lowest BCUT2D eigenvalue weighted by Gasteiger charge is -2.30. The van der Waals surface area contributed by atoms with Crippen LogP contribution in [0.5, 0.6) is 0 Å². The summed E-state index contributed by atoms with van der Waals surface area (Å²) in [4.78, 5) is 15.4. The second-order valence-electron chi connectivity index (χ2n) is 5.35. The molecule has 0 fully saturated rings. The van der Waals surface area contributed by atoms with Gasteiger partial charge in [-0.05, 0) is 32.4 Å². The Hall–Kier alpha value is -1.00. The zero-order chi connectivity index (χ0) is 13.2. The normalized spacial score (nSPS) is 15.4. The van der Waals surface area contributed by atoms with Gasteiger partial charge in [0.2, 0.25) is 5.91 Å². The number of benzene rings is 1. The highest BCUT2D eigenvalue weighted by Crippen LogP contribution is 2.34. The quantitative estimate of drug-likeness (QED) is 0.913. The molecule has 1 heterocycles. The summed E-state index contributed by atoms with van der Waals surface area (Å²) >= 11 is 1.81. The molecular weight excluding hydrogens is 244 g/mol. The highest BCUT2D eigenvalue weighted by molar-refractivity contribution is 7.99. The van der Waals surface area contributed by atoms with E-state index in [9.17, 15) is 4.79 Å². The van der Waals surface area contributed by atoms with Crippen LogP contribution in [0.3, 0.4) is 0 Å². The molecule has 0 aliphatic carbocycles. The minimum Gasteiger partial charge on any atom is -0.326 e. The molecule has 1 aliphatic heterocycles. The second kappa shape index (κ2) is 5.33. The van der Waals surface area contributed by atoms with Crippen molar-refractivity contribution in [3.05, 3.63) is 24.3 Å². The van der Waals surface area contributed by atoms with E-state index in [1.165, 1.54) is 4.90 Å². The van der Waals surface area contributed by atoms with Gasteiger partial charge in [-0.2, -0.15) is 0 Å². The summed E-state index contributed by atoms with van der Waals surface area (Å²) in [5, 5.41) is 0. The van der Waals surface area contributed by atoms with Crippen LogP contribution in [0.2, 0.25) is 0 Å². The molecule has 0 unspecified atom stereocenters. The van der Waals surface area contributed by atoms with Crippen molar-refractivity contribution in [3.63, 3.8) is 0 Å². The molecule has 0 bridgehead atoms. The lowest BCUT2D eigenvalue weighted by Crippen LogP contribution is -2.38. The SMILES string of the molecule is CC(C)(N)CCC(=O)N1CCSc2ccccc21. The van der Waals surface area contributed by atoms with Crippen LogP contribution in [0.15, 0.2) is 29.2 Å². The minimum atomic E-state index is -0.278. The van der Waals surface area contributed by atoms with Crippen LogP contribution in [-0.2, 0) is 4.79 Å². The van der Waals surface area contributed by atoms with Crippen LogP contribution < -0.4 is 10.6 Å². The van der Waals surface area contributed by atoms with E-state index >= 15 is 0 Å². The molecule has 1 aliphatic rings. The predicted molar refractivity (Wildman–Crippen MR) is 77.0 cm³/mol. The summed E-state index contributed by atoms with van der Waals surface area (Å²) in [6, 6.07) is 8.10. The number of carbonyl (C=O) groups excluding carboxylic acids is 1. The third-order valence-electron chi connectivity index (χ3n) is 3.01. The fourth-order valence-corrected chi connectivity index (χ4v) is 2.99. The van der Waals surface area contributed by atoms with Gasteiger partial charge in [0, 0.05) is 29.2 Å². The van der Waals surface area contributed by atoms with Crippen molar-refractivity contribution in [1.82, 2.24) is 0 Å². The first kappa shape index (κ1) is 13.4. The number of hydrogen-bond donors (Lipinski definition) is 1. The lowest BCUT2D eigenvalue weighted by molar-refractivity contribution is -0.118. The maximum Gasteiger partial charge on any atom is 0.227 e. The van der Waals surface area contributed by atoms with Crippen molar-refractivity contribution in [2.75, 3.05) is 17.2 Å². The van der Waals surface area contributed by atoms with Gasteiger partial charge in [-0.15, -0.1) is 11.8 Å². The number of nitrogens with two attached hydrogens (primary N) is 1. The van der Waals surface area contributed by atoms with Crippen LogP contribution in [0.1, 0.15) is 26.7 Å². The zero-order valence-electron chi connectivity index (χ0n) is 11.0. The summed E-state index contributed by atoms with van der Waals surface area (Å²) in [5.74, 6) is 1.15. The first-order valence-corrected chi connectivity index (χ1v) is 7.27. The van der Waals surface area contributed by atoms with Crippen molar-refractivity contribution >= 4 is 23.4 Å². The van der Waals surface area contributed by atoms with Crippen molar-refractivity contribution < 1.29 is 4.79 Å². The van der Waals surface area contributed by atoms with Gasteiger partial charge in [0.25, 0.3) is 0 Å². The Labute approximate surface area is 113 Å². The van der Waals surface area contributed by atoms with Crippen molar-refractivity contribution in [2.24, 2.45) is 5.73 Å². The number of rotatable bonds is 3. The molecule has 0 atom stereocenters. The van der Waals surface area contributed by atoms with E-state index in [4.69, 9.17) is 5.73 Å². The lowest BCUT2D eigenvalue weighted by atomic mass is 9.99. The van der Waals surface area contributed by atoms with E-state index < -0.39 is 0 Å². The molecule has 1 amide bonds. The van der Waals surface area contributed by atoms with Gasteiger partial charge < -0.3 is 10.6 Å². The number of amides is 1. The van der Waals surface area contributed by atoms with Crippen molar-refractivity contribution in [1.29, 1.82) is 0 Å². The largest absolute Gasteiger partial charge is 0.326 e. The Kier molecular flexibility index (Phi) is 3.97. The Bertz CT molecular complexity index is 440. The molecule has 1 aromatic rings. The van der Waals surface area contributed by atoms with Crippen LogP contribution in [0.4, 0.5) is 5.69 Å². The number of anilines is 1. The average molecular weight is 264 g/mol. The van der Waals surface area contributed by atoms with Crippen molar-refractivity contribution in [3.8, 4) is 0 Å². The number of hydrogen-bond acceptors (Lipinski definition) is 3. The summed E-state index contributed by atoms with van der Waals surface area (Å²) in [6.45, 7) is 4.71. The number of thioether (sulfide) groups is 1. The average Bonchev–Trinajstić information content (AvgIpc) is 2.34. The van der Waals surface area contributed by atoms with Crippen molar-refractivity contribution in [2.45, 2.75) is 37.1 Å². The fourth-order valence-electron chi connectivity index (χ4n) is 1.99. The molecule has 2 N–H and O–H groups in total. The fraction of sp³-hybridized carbons (Fsp3) is 0.500. The van der Waals surface area contributed by atoms with Crippen LogP contribution in [0, 0.1) is 0 Å². The number of carbonyl (C=O) groups is 1. The molecule has 2 rings (SSSR count). The molecule has 0 spiro atoms. The topological polar surface area (TPSA) is 46.3 Å². The third-order valence-corrected chi connectivity index (χ3v) is 4.06. The van der Waals surface area contributed by atoms with E-state index in [2.05, 4.69) is 6.07 Å². The second-order valence-corrected chi connectivity index (χ2v) is 6.49. The van der Waals surface area contributed by atoms with E-state index in [0.29, 0.717) is 6.42 Å². The summed E-state index contributed by atoms with van der Waals surface area (Å²) < 4.78 is 0. The summed E-state index contributed by atoms with van der Waals surface area (Å²) in [6.07, 6.45) is 1.24. The molecule has 98 valence electrons. The highest BCUT2D eigenvalue weighted by atomic mass is 32.2. The number of fused-ring (bicyclic) bond motifs is 1. The Balaban J connectivity index is 2.08. The smallest absolute Gasteiger partial charge is 0.227 e. The first-order valence-electron chi connectivity index (χ1n) is 6.28. The van der Waals surface area contributed by atoms with E-state index in [1.54, 1.807) is 0 Å². The highest BCUT2D eigenvalue weighted by Gasteiger charge is 2.23. The molecule has 0 saturated heterocycles. The molecular formula is C14H20N2OS. The standard InChI is InChI=1S/C14H20N2OS/c1-14(2,15)8-7-13(17)16-9-10-18-12-6-4-3-5-11(12)16/h3-6H,7-10,15H2,1-2H3. The summed E-state index contributed by atoms with van der Waals surface area (Å²) in [5.41, 5.74) is 6.70. The Morgan fingerprint density at radius 3 is 2.89 bits per heavy atom. The maximum absolute atomic E-state index is 12.3. The Morgan fingerprint density at radius 2 is 2.17 bits per heavy atom. The van der Waals surface area contributed by atoms with Gasteiger partial charge in [0.15, 0.2) is 0 Å². The number of para-hydroxylation sites is 1. The predicted octanol–water partition coefficient (Wildman–Crippen LogP) is 2.64. The van der Waals surface area contributed by atoms with E-state index in [1.807, 2.05) is 48.7 Å². The maximum atomic E-state index is 12.3. The van der Waals surface area contributed by atoms with Gasteiger partial charge >= 0.3 is 0 Å². The van der Waals surface area contributed by atoms with E-state index in [0.717, 1.165) is 24.4 Å². The van der Waals surface area contributed by atoms with Gasteiger partial charge in [-0.1, -0.05) is 12.1 Å². The molecule has 18 heavy (non-hydrogen) atoms. The van der Waals surface area contributed by atoms with Crippen LogP contribution in [0.25, 0.3) is 0 Å². The molecule has 0 aromatic heterocycles. The molecule has 0 radical (unpaired) electrons. The van der Waals surface area contributed by atoms with E-state index in [-0.39, 0.29) is 11.4 Å². The van der Waals surface area contributed by atoms with Gasteiger partial charge in [-0.3, -0.25) is 4.79 Å². The van der Waals surface area contributed by atoms with Gasteiger partial charge in [0.05, 0.1) is 5.69 Å². The molecule has 1 aromatic carbocycles. The van der Waals surface area contributed by atoms with Gasteiger partial charge in [0.1, 0.15) is 0 Å². The molecule has 3 nitrogen and oxygen atoms in total. The Morgan fingerprint density at radius 1 is 1.44 bits per heavy atom. The summed E-state index contributed by atoms with van der Waals surface area (Å²) in [7, 11) is 0. The third kappa shape index (κ3) is 3.27. The van der Waals surface area contributed by atoms with Crippen LogP contribution >= 0.6 is 11.8 Å². The monoisotopic (exact) mass is 264 g/mol. The molecule has 4 heteroatoms. The minimum absolute atomic E-state index is 0.182. The number of nitrogens with zero attached hydrogens (tertiary/aromatic N) is 1. The zero-order valence-corrected chi connectivity index (χ0v) is 11.8. The first-order chi connectivity index (χ1) is 8.47. The van der Waals surface area contributed by atoms with Crippen LogP contribution in [-0.4, -0.2) is 23.7 Å². The van der Waals surface area contributed by atoms with Gasteiger partial charge in [-0.25, -0.2) is 0 Å².